The van der Waals surface area contributed by atoms with E-state index in [9.17, 15) is 0 Å². The van der Waals surface area contributed by atoms with E-state index in [1.165, 1.54) is 16.3 Å². The Balaban J connectivity index is 1.68. The van der Waals surface area contributed by atoms with Crippen LogP contribution in [-0.2, 0) is 0 Å². The predicted octanol–water partition coefficient (Wildman–Crippen LogP) is 4.43. The number of aryl methyl sites for hydroxylation is 1. The van der Waals surface area contributed by atoms with Crippen LogP contribution in [0.25, 0.3) is 15.7 Å². The first-order valence-corrected chi connectivity index (χ1v) is 8.09. The number of aromatic nitrogens is 3. The highest BCUT2D eigenvalue weighted by atomic mass is 32.1. The Morgan fingerprint density at radius 1 is 1.14 bits per heavy atom. The molecule has 5 heteroatoms. The fourth-order valence-electron chi connectivity index (χ4n) is 2.76. The Labute approximate surface area is 132 Å². The molecule has 0 aliphatic heterocycles. The van der Waals surface area contributed by atoms with Crippen LogP contribution >= 0.6 is 11.3 Å². The van der Waals surface area contributed by atoms with Crippen molar-refractivity contribution in [1.29, 1.82) is 0 Å². The smallest absolute Gasteiger partial charge is 0.214 e. The lowest BCUT2D eigenvalue weighted by Gasteiger charge is -2.15. The van der Waals surface area contributed by atoms with E-state index in [1.807, 2.05) is 17.6 Å². The zero-order chi connectivity index (χ0) is 15.1. The summed E-state index contributed by atoms with van der Waals surface area (Å²) in [5.41, 5.74) is 2.27. The molecule has 0 saturated carbocycles. The van der Waals surface area contributed by atoms with Gasteiger partial charge in [-0.05, 0) is 30.2 Å². The van der Waals surface area contributed by atoms with E-state index in [4.69, 9.17) is 0 Å². The van der Waals surface area contributed by atoms with Gasteiger partial charge in [0.1, 0.15) is 0 Å². The van der Waals surface area contributed by atoms with Gasteiger partial charge >= 0.3 is 0 Å². The molecule has 4 aromatic rings. The highest BCUT2D eigenvalue weighted by molar-refractivity contribution is 7.20. The average Bonchev–Trinajstić information content (AvgIpc) is 3.03. The first kappa shape index (κ1) is 13.3. The number of anilines is 1. The Bertz CT molecular complexity index is 917. The molecule has 1 atom stereocenters. The topological polar surface area (TPSA) is 42.2 Å². The van der Waals surface area contributed by atoms with Crippen molar-refractivity contribution >= 4 is 32.2 Å². The summed E-state index contributed by atoms with van der Waals surface area (Å²) in [6, 6.07) is 15.1. The van der Waals surface area contributed by atoms with Crippen LogP contribution in [0.1, 0.15) is 24.2 Å². The van der Waals surface area contributed by atoms with Crippen LogP contribution in [0.5, 0.6) is 0 Å². The van der Waals surface area contributed by atoms with E-state index in [1.54, 1.807) is 11.3 Å². The zero-order valence-corrected chi connectivity index (χ0v) is 13.3. The molecule has 22 heavy (non-hydrogen) atoms. The maximum Gasteiger partial charge on any atom is 0.214 e. The van der Waals surface area contributed by atoms with Gasteiger partial charge in [-0.3, -0.25) is 0 Å². The minimum Gasteiger partial charge on any atom is -0.354 e. The van der Waals surface area contributed by atoms with Crippen molar-refractivity contribution < 1.29 is 0 Å². The molecule has 2 heterocycles. The molecule has 110 valence electrons. The number of benzene rings is 2. The summed E-state index contributed by atoms with van der Waals surface area (Å²) in [6.07, 6.45) is 1.94. The monoisotopic (exact) mass is 308 g/mol. The number of hydrogen-bond donors (Lipinski definition) is 1. The second kappa shape index (κ2) is 5.10. The number of nitrogens with zero attached hydrogens (tertiary/aromatic N) is 3. The average molecular weight is 308 g/mol. The van der Waals surface area contributed by atoms with Crippen molar-refractivity contribution in [3.8, 4) is 0 Å². The largest absolute Gasteiger partial charge is 0.354 e. The highest BCUT2D eigenvalue weighted by Crippen LogP contribution is 2.28. The molecule has 4 nitrogen and oxygen atoms in total. The Morgan fingerprint density at radius 3 is 2.82 bits per heavy atom. The van der Waals surface area contributed by atoms with Gasteiger partial charge in [-0.1, -0.05) is 53.8 Å². The summed E-state index contributed by atoms with van der Waals surface area (Å²) in [4.78, 5) is 5.36. The van der Waals surface area contributed by atoms with Gasteiger partial charge in [0.15, 0.2) is 0 Å². The molecule has 0 bridgehead atoms. The summed E-state index contributed by atoms with van der Waals surface area (Å²) < 4.78 is 1.83. The van der Waals surface area contributed by atoms with Crippen molar-refractivity contribution in [2.24, 2.45) is 0 Å². The second-order valence-electron chi connectivity index (χ2n) is 5.45. The van der Waals surface area contributed by atoms with Crippen LogP contribution in [0.15, 0.2) is 48.7 Å². The normalized spacial score (nSPS) is 12.8. The first-order valence-electron chi connectivity index (χ1n) is 7.28. The van der Waals surface area contributed by atoms with Gasteiger partial charge in [0.2, 0.25) is 10.1 Å². The van der Waals surface area contributed by atoms with E-state index in [0.29, 0.717) is 0 Å². The van der Waals surface area contributed by atoms with Gasteiger partial charge in [-0.25, -0.2) is 9.50 Å². The quantitative estimate of drug-likeness (QED) is 0.609. The molecule has 0 spiro atoms. The number of hydrogen-bond acceptors (Lipinski definition) is 4. The van der Waals surface area contributed by atoms with Crippen LogP contribution in [0.4, 0.5) is 5.13 Å². The fraction of sp³-hybridized carbons (Fsp3) is 0.176. The Hall–Kier alpha value is -2.40. The Kier molecular flexibility index (Phi) is 3.08. The summed E-state index contributed by atoms with van der Waals surface area (Å²) in [7, 11) is 0. The third-order valence-corrected chi connectivity index (χ3v) is 4.65. The van der Waals surface area contributed by atoms with E-state index in [0.717, 1.165) is 15.8 Å². The van der Waals surface area contributed by atoms with E-state index >= 15 is 0 Å². The molecular weight excluding hydrogens is 292 g/mol. The third kappa shape index (κ3) is 2.23. The number of rotatable bonds is 3. The molecule has 0 aliphatic rings. The second-order valence-corrected chi connectivity index (χ2v) is 6.41. The predicted molar refractivity (Wildman–Crippen MR) is 91.6 cm³/mol. The molecule has 1 N–H and O–H groups in total. The molecule has 0 fully saturated rings. The van der Waals surface area contributed by atoms with Crippen molar-refractivity contribution in [2.75, 3.05) is 5.32 Å². The maximum atomic E-state index is 4.54. The van der Waals surface area contributed by atoms with Crippen molar-refractivity contribution in [2.45, 2.75) is 19.9 Å². The maximum absolute atomic E-state index is 4.54. The zero-order valence-electron chi connectivity index (χ0n) is 12.4. The molecular formula is C17H16N4S. The highest BCUT2D eigenvalue weighted by Gasteiger charge is 2.12. The van der Waals surface area contributed by atoms with Gasteiger partial charge < -0.3 is 5.32 Å². The molecule has 0 aliphatic carbocycles. The van der Waals surface area contributed by atoms with Gasteiger partial charge in [0.05, 0.1) is 17.9 Å². The molecule has 0 saturated heterocycles. The lowest BCUT2D eigenvalue weighted by molar-refractivity contribution is 0.870. The molecule has 4 rings (SSSR count). The molecule has 2 aromatic carbocycles. The SMILES string of the molecule is Cc1cn2nc(N[C@H](C)c3cccc4ccccc34)sc2n1. The Morgan fingerprint density at radius 2 is 1.95 bits per heavy atom. The third-order valence-electron chi connectivity index (χ3n) is 3.79. The fourth-order valence-corrected chi connectivity index (χ4v) is 3.67. The van der Waals surface area contributed by atoms with Crippen molar-refractivity contribution in [1.82, 2.24) is 14.6 Å². The van der Waals surface area contributed by atoms with Crippen LogP contribution in [0, 0.1) is 6.92 Å². The van der Waals surface area contributed by atoms with Crippen LogP contribution in [0.3, 0.4) is 0 Å². The minimum absolute atomic E-state index is 0.183. The van der Waals surface area contributed by atoms with Crippen molar-refractivity contribution in [3.63, 3.8) is 0 Å². The van der Waals surface area contributed by atoms with E-state index in [-0.39, 0.29) is 6.04 Å². The van der Waals surface area contributed by atoms with Gasteiger partial charge in [0.25, 0.3) is 0 Å². The van der Waals surface area contributed by atoms with Gasteiger partial charge in [0, 0.05) is 0 Å². The lowest BCUT2D eigenvalue weighted by Crippen LogP contribution is -2.07. The number of imidazole rings is 1. The van der Waals surface area contributed by atoms with Crippen molar-refractivity contribution in [3.05, 3.63) is 59.9 Å². The minimum atomic E-state index is 0.183. The standard InChI is InChI=1S/C17H16N4S/c1-11-10-21-17(18-11)22-16(20-21)19-12(2)14-9-5-7-13-6-3-4-8-15(13)14/h3-10,12H,1-2H3,(H,19,20)/t12-/m1/s1. The summed E-state index contributed by atoms with van der Waals surface area (Å²) >= 11 is 1.58. The van der Waals surface area contributed by atoms with Gasteiger partial charge in [-0.15, -0.1) is 5.10 Å². The van der Waals surface area contributed by atoms with E-state index < -0.39 is 0 Å². The lowest BCUT2D eigenvalue weighted by atomic mass is 10.00. The first-order chi connectivity index (χ1) is 10.7. The number of fused-ring (bicyclic) bond motifs is 2. The summed E-state index contributed by atoms with van der Waals surface area (Å²) in [6.45, 7) is 4.14. The molecule has 2 aromatic heterocycles. The van der Waals surface area contributed by atoms with Gasteiger partial charge in [-0.2, -0.15) is 0 Å². The van der Waals surface area contributed by atoms with Crippen LogP contribution < -0.4 is 5.32 Å². The van der Waals surface area contributed by atoms with Crippen LogP contribution in [-0.4, -0.2) is 14.6 Å². The summed E-state index contributed by atoms with van der Waals surface area (Å²) in [5, 5.41) is 11.5. The molecule has 0 unspecified atom stereocenters. The van der Waals surface area contributed by atoms with Crippen LogP contribution in [0.2, 0.25) is 0 Å². The number of nitrogens with one attached hydrogen (secondary N) is 1. The molecule has 0 radical (unpaired) electrons. The molecule has 0 amide bonds. The summed E-state index contributed by atoms with van der Waals surface area (Å²) in [5.74, 6) is 0. The van der Waals surface area contributed by atoms with E-state index in [2.05, 4.69) is 64.8 Å².